The third-order valence-corrected chi connectivity index (χ3v) is 7.92. The zero-order valence-electron chi connectivity index (χ0n) is 9.47. The molecule has 0 aromatic carbocycles. The van der Waals surface area contributed by atoms with E-state index in [0.29, 0.717) is 4.05 Å². The molecular formula is C11H18I2NO2-. The van der Waals surface area contributed by atoms with Crippen molar-refractivity contribution in [2.75, 3.05) is 0 Å². The van der Waals surface area contributed by atoms with Crippen LogP contribution in [0.2, 0.25) is 0 Å². The number of carbonyl (C=O) groups excluding carboxylic acids is 1. The first kappa shape index (κ1) is 13.3. The number of esters is 1. The molecule has 1 aliphatic heterocycles. The van der Waals surface area contributed by atoms with Crippen LogP contribution >= 0.6 is 22.6 Å². The minimum atomic E-state index is -0.109. The summed E-state index contributed by atoms with van der Waals surface area (Å²) in [4.78, 5) is 12.0. The van der Waals surface area contributed by atoms with Crippen LogP contribution in [0.3, 0.4) is 0 Å². The number of halogens is 2. The Morgan fingerprint density at radius 1 is 1.62 bits per heavy atom. The van der Waals surface area contributed by atoms with E-state index >= 15 is 0 Å². The number of carbonyl (C=O) groups is 1. The molecule has 16 heavy (non-hydrogen) atoms. The van der Waals surface area contributed by atoms with Crippen LogP contribution in [0, 0.1) is 0 Å². The topological polar surface area (TPSA) is 48.2 Å². The minimum absolute atomic E-state index is 0.0191. The summed E-state index contributed by atoms with van der Waals surface area (Å²) in [5.41, 5.74) is -0.109. The molecule has 0 spiro atoms. The number of rotatable bonds is 5. The van der Waals surface area contributed by atoms with Crippen molar-refractivity contribution in [3.8, 4) is 0 Å². The molecule has 0 bridgehead atoms. The summed E-state index contributed by atoms with van der Waals surface area (Å²) in [6.07, 6.45) is 6.72. The second kappa shape index (κ2) is 5.69. The van der Waals surface area contributed by atoms with E-state index in [4.69, 9.17) is 4.74 Å². The Labute approximate surface area is 121 Å². The fourth-order valence-corrected chi connectivity index (χ4v) is 5.50. The van der Waals surface area contributed by atoms with Crippen molar-refractivity contribution in [3.63, 3.8) is 0 Å². The summed E-state index contributed by atoms with van der Waals surface area (Å²) in [6, 6.07) is 0. The Bertz CT molecular complexity index is 263. The monoisotopic (exact) mass is 450 g/mol. The van der Waals surface area contributed by atoms with Gasteiger partial charge in [0.05, 0.1) is 0 Å². The van der Waals surface area contributed by atoms with Gasteiger partial charge in [-0.15, -0.1) is 0 Å². The predicted octanol–water partition coefficient (Wildman–Crippen LogP) is -0.621. The molecule has 0 aromatic heterocycles. The summed E-state index contributed by atoms with van der Waals surface area (Å²) >= 11 is 2.33. The zero-order valence-corrected chi connectivity index (χ0v) is 13.8. The van der Waals surface area contributed by atoms with Crippen molar-refractivity contribution in [1.82, 2.24) is 3.53 Å². The number of nitrogens with one attached hydrogen (secondary N) is 1. The van der Waals surface area contributed by atoms with Gasteiger partial charge in [-0.1, -0.05) is 0 Å². The average Bonchev–Trinajstić information content (AvgIpc) is 3.01. The number of hydrogen-bond donors (Lipinski definition) is 1. The van der Waals surface area contributed by atoms with Crippen molar-refractivity contribution >= 4 is 28.6 Å². The maximum atomic E-state index is 12.0. The summed E-state index contributed by atoms with van der Waals surface area (Å²) in [6.45, 7) is 2.17. The van der Waals surface area contributed by atoms with Crippen molar-refractivity contribution in [2.24, 2.45) is 0 Å². The predicted molar refractivity (Wildman–Crippen MR) is 66.9 cm³/mol. The van der Waals surface area contributed by atoms with Crippen LogP contribution in [0.1, 0.15) is 45.4 Å². The quantitative estimate of drug-likeness (QED) is 0.152. The molecule has 2 aliphatic rings. The van der Waals surface area contributed by atoms with Crippen molar-refractivity contribution in [1.29, 1.82) is 0 Å². The summed E-state index contributed by atoms with van der Waals surface area (Å²) in [5.74, 6) is 0.0191. The standard InChI is InChI=1S/C11H18I2NO2/c1-2-5-11(6-3-4-7-11)16-10(15)8(12)9-13-14-9/h8-9,14H,2-7H2,1H3/q-1. The van der Waals surface area contributed by atoms with Gasteiger partial charge >= 0.3 is 122 Å². The van der Waals surface area contributed by atoms with Crippen LogP contribution < -0.4 is 25.0 Å². The molecule has 1 heterocycles. The van der Waals surface area contributed by atoms with Gasteiger partial charge < -0.3 is 0 Å². The fourth-order valence-electron chi connectivity index (χ4n) is 2.41. The molecule has 1 saturated heterocycles. The second-order valence-corrected chi connectivity index (χ2v) is 8.51. The van der Waals surface area contributed by atoms with Gasteiger partial charge in [0.1, 0.15) is 0 Å². The zero-order chi connectivity index (χ0) is 11.6. The first-order chi connectivity index (χ1) is 7.67. The van der Waals surface area contributed by atoms with Gasteiger partial charge in [-0.3, -0.25) is 0 Å². The first-order valence-electron chi connectivity index (χ1n) is 5.92. The van der Waals surface area contributed by atoms with E-state index in [9.17, 15) is 4.79 Å². The van der Waals surface area contributed by atoms with Gasteiger partial charge in [0, 0.05) is 0 Å². The van der Waals surface area contributed by atoms with E-state index in [-0.39, 0.29) is 37.0 Å². The van der Waals surface area contributed by atoms with E-state index in [1.165, 1.54) is 12.8 Å². The Balaban J connectivity index is 1.91. The molecular weight excluding hydrogens is 432 g/mol. The van der Waals surface area contributed by atoms with E-state index in [1.807, 2.05) is 0 Å². The molecule has 0 amide bonds. The number of ether oxygens (including phenoxy) is 1. The Morgan fingerprint density at radius 3 is 2.75 bits per heavy atom. The van der Waals surface area contributed by atoms with Gasteiger partial charge in [-0.25, -0.2) is 0 Å². The Hall–Kier alpha value is 0.890. The van der Waals surface area contributed by atoms with Crippen LogP contribution in [0.4, 0.5) is 0 Å². The third-order valence-electron chi connectivity index (χ3n) is 3.25. The number of alkyl halides is 2. The third kappa shape index (κ3) is 3.22. The molecule has 1 aliphatic carbocycles. The van der Waals surface area contributed by atoms with E-state index in [0.717, 1.165) is 25.7 Å². The van der Waals surface area contributed by atoms with Gasteiger partial charge in [0.2, 0.25) is 0 Å². The fraction of sp³-hybridized carbons (Fsp3) is 0.909. The van der Waals surface area contributed by atoms with Crippen LogP contribution in [0.25, 0.3) is 0 Å². The van der Waals surface area contributed by atoms with E-state index in [1.54, 1.807) is 0 Å². The van der Waals surface area contributed by atoms with Crippen molar-refractivity contribution < 1.29 is 31.0 Å². The van der Waals surface area contributed by atoms with Crippen LogP contribution in [-0.4, -0.2) is 19.5 Å². The molecule has 94 valence electrons. The molecule has 2 unspecified atom stereocenters. The average molecular weight is 450 g/mol. The second-order valence-electron chi connectivity index (χ2n) is 4.58. The molecule has 5 heteroatoms. The molecule has 2 atom stereocenters. The molecule has 0 radical (unpaired) electrons. The molecule has 2 rings (SSSR count). The van der Waals surface area contributed by atoms with E-state index in [2.05, 4.69) is 33.0 Å². The Morgan fingerprint density at radius 2 is 2.25 bits per heavy atom. The normalized spacial score (nSPS) is 29.2. The molecule has 1 saturated carbocycles. The van der Waals surface area contributed by atoms with Crippen molar-refractivity contribution in [3.05, 3.63) is 0 Å². The summed E-state index contributed by atoms with van der Waals surface area (Å²) in [5, 5.41) is 0. The van der Waals surface area contributed by atoms with Crippen molar-refractivity contribution in [2.45, 2.75) is 59.0 Å². The van der Waals surface area contributed by atoms with E-state index < -0.39 is 0 Å². The molecule has 0 aromatic rings. The molecule has 2 fully saturated rings. The summed E-state index contributed by atoms with van der Waals surface area (Å²) < 4.78 is 9.63. The van der Waals surface area contributed by atoms with Gasteiger partial charge in [0.15, 0.2) is 0 Å². The SMILES string of the molecule is CCCC1(OC(=O)C(I)C2N[I-]2)CCCC1. The van der Waals surface area contributed by atoms with Crippen LogP contribution in [0.15, 0.2) is 0 Å². The maximum absolute atomic E-state index is 12.0. The van der Waals surface area contributed by atoms with Gasteiger partial charge in [0.25, 0.3) is 0 Å². The molecule has 3 nitrogen and oxygen atoms in total. The van der Waals surface area contributed by atoms with Crippen LogP contribution in [-0.2, 0) is 9.53 Å². The first-order valence-corrected chi connectivity index (χ1v) is 9.49. The Kier molecular flexibility index (Phi) is 4.74. The van der Waals surface area contributed by atoms with Gasteiger partial charge in [-0.2, -0.15) is 0 Å². The van der Waals surface area contributed by atoms with Crippen LogP contribution in [0.5, 0.6) is 0 Å². The summed E-state index contributed by atoms with van der Waals surface area (Å²) in [7, 11) is 0. The number of hydrogen-bond acceptors (Lipinski definition) is 3. The van der Waals surface area contributed by atoms with Gasteiger partial charge in [-0.05, 0) is 0 Å². The molecule has 1 N–H and O–H groups in total.